The van der Waals surface area contributed by atoms with Crippen LogP contribution in [0.25, 0.3) is 0 Å². The van der Waals surface area contributed by atoms with E-state index in [9.17, 15) is 5.11 Å². The molecule has 0 amide bonds. The van der Waals surface area contributed by atoms with Crippen LogP contribution in [0, 0.1) is 0 Å². The number of unbranched alkanes of at least 4 members (excludes halogenated alkanes) is 3. The number of aliphatic hydroxyl groups excluding tert-OH is 1. The molecule has 0 bridgehead atoms. The van der Waals surface area contributed by atoms with E-state index in [-0.39, 0.29) is 18.8 Å². The molecule has 0 spiro atoms. The minimum atomic E-state index is -0.0718. The highest BCUT2D eigenvalue weighted by atomic mass is 16.6. The largest absolute Gasteiger partial charge is 0.396 e. The summed E-state index contributed by atoms with van der Waals surface area (Å²) in [6.45, 7) is 9.36. The highest BCUT2D eigenvalue weighted by molar-refractivity contribution is 4.71. The maximum absolute atomic E-state index is 9.25. The molecule has 0 aromatic carbocycles. The fourth-order valence-corrected chi connectivity index (χ4v) is 1.97. The third-order valence-corrected chi connectivity index (χ3v) is 3.41. The van der Waals surface area contributed by atoms with Gasteiger partial charge in [-0.1, -0.05) is 40.0 Å². The maximum Gasteiger partial charge on any atom is 0.107 e. The quantitative estimate of drug-likeness (QED) is 0.443. The van der Waals surface area contributed by atoms with Crippen LogP contribution in [0.1, 0.15) is 65.7 Å². The predicted octanol–water partition coefficient (Wildman–Crippen LogP) is 3.56. The van der Waals surface area contributed by atoms with Crippen molar-refractivity contribution >= 4 is 0 Å². The zero-order valence-corrected chi connectivity index (χ0v) is 14.3. The molecule has 0 aromatic heterocycles. The van der Waals surface area contributed by atoms with Gasteiger partial charge in [0.15, 0.2) is 0 Å². The van der Waals surface area contributed by atoms with Crippen LogP contribution < -0.4 is 0 Å². The summed E-state index contributed by atoms with van der Waals surface area (Å²) in [6, 6.07) is 0. The van der Waals surface area contributed by atoms with Gasteiger partial charge in [-0.05, 0) is 25.7 Å². The SMILES string of the molecule is CCCCOC[C@H](OCCCC)[C@@H](CCO)OCCCC. The topological polar surface area (TPSA) is 47.9 Å². The molecule has 2 atom stereocenters. The zero-order valence-electron chi connectivity index (χ0n) is 14.3. The Morgan fingerprint density at radius 1 is 0.762 bits per heavy atom. The van der Waals surface area contributed by atoms with Gasteiger partial charge in [0.2, 0.25) is 0 Å². The van der Waals surface area contributed by atoms with Crippen LogP contribution in [0.2, 0.25) is 0 Å². The molecule has 0 saturated carbocycles. The summed E-state index contributed by atoms with van der Waals surface area (Å²) >= 11 is 0. The number of hydrogen-bond acceptors (Lipinski definition) is 4. The lowest BCUT2D eigenvalue weighted by molar-refractivity contribution is -0.111. The summed E-state index contributed by atoms with van der Waals surface area (Å²) < 4.78 is 17.6. The van der Waals surface area contributed by atoms with E-state index in [4.69, 9.17) is 14.2 Å². The van der Waals surface area contributed by atoms with Crippen LogP contribution in [-0.2, 0) is 14.2 Å². The van der Waals surface area contributed by atoms with E-state index in [2.05, 4.69) is 20.8 Å². The predicted molar refractivity (Wildman–Crippen MR) is 86.7 cm³/mol. The van der Waals surface area contributed by atoms with Crippen LogP contribution in [-0.4, -0.2) is 50.3 Å². The Labute approximate surface area is 131 Å². The van der Waals surface area contributed by atoms with Gasteiger partial charge in [0, 0.05) is 26.4 Å². The van der Waals surface area contributed by atoms with Crippen molar-refractivity contribution in [2.24, 2.45) is 0 Å². The molecule has 4 nitrogen and oxygen atoms in total. The fourth-order valence-electron chi connectivity index (χ4n) is 1.97. The van der Waals surface area contributed by atoms with Gasteiger partial charge in [-0.25, -0.2) is 0 Å². The molecule has 0 aliphatic carbocycles. The lowest BCUT2D eigenvalue weighted by Gasteiger charge is -2.27. The monoisotopic (exact) mass is 304 g/mol. The second-order valence-corrected chi connectivity index (χ2v) is 5.47. The Morgan fingerprint density at radius 3 is 1.81 bits per heavy atom. The van der Waals surface area contributed by atoms with Gasteiger partial charge in [-0.2, -0.15) is 0 Å². The molecular weight excluding hydrogens is 268 g/mol. The van der Waals surface area contributed by atoms with Gasteiger partial charge in [0.1, 0.15) is 6.10 Å². The van der Waals surface area contributed by atoms with E-state index >= 15 is 0 Å². The number of aliphatic hydroxyl groups is 1. The Hall–Kier alpha value is -0.160. The molecule has 0 heterocycles. The van der Waals surface area contributed by atoms with E-state index in [1.165, 1.54) is 0 Å². The van der Waals surface area contributed by atoms with Crippen molar-refractivity contribution in [3.05, 3.63) is 0 Å². The van der Waals surface area contributed by atoms with Crippen LogP contribution in [0.4, 0.5) is 0 Å². The fraction of sp³-hybridized carbons (Fsp3) is 1.00. The van der Waals surface area contributed by atoms with E-state index < -0.39 is 0 Å². The van der Waals surface area contributed by atoms with E-state index in [0.717, 1.165) is 58.3 Å². The van der Waals surface area contributed by atoms with Crippen molar-refractivity contribution in [2.45, 2.75) is 77.9 Å². The van der Waals surface area contributed by atoms with Crippen molar-refractivity contribution in [1.82, 2.24) is 0 Å². The summed E-state index contributed by atoms with van der Waals surface area (Å²) in [4.78, 5) is 0. The molecule has 0 aliphatic heterocycles. The maximum atomic E-state index is 9.25. The highest BCUT2D eigenvalue weighted by Crippen LogP contribution is 2.12. The third kappa shape index (κ3) is 12.1. The summed E-state index contributed by atoms with van der Waals surface area (Å²) in [6.07, 6.45) is 6.99. The molecule has 0 rings (SSSR count). The van der Waals surface area contributed by atoms with Crippen molar-refractivity contribution in [3.8, 4) is 0 Å². The minimum absolute atomic E-state index is 0.0694. The number of rotatable bonds is 16. The first-order valence-electron chi connectivity index (χ1n) is 8.71. The standard InChI is InChI=1S/C17H36O4/c1-4-7-12-19-15-17(21-14-9-6-3)16(10-11-18)20-13-8-5-2/h16-18H,4-15H2,1-3H3/t16-,17+/m1/s1. The summed E-state index contributed by atoms with van der Waals surface area (Å²) in [5, 5.41) is 9.25. The Bertz CT molecular complexity index is 199. The van der Waals surface area contributed by atoms with Crippen molar-refractivity contribution in [3.63, 3.8) is 0 Å². The minimum Gasteiger partial charge on any atom is -0.396 e. The average molecular weight is 304 g/mol. The molecule has 0 aliphatic rings. The highest BCUT2D eigenvalue weighted by Gasteiger charge is 2.23. The van der Waals surface area contributed by atoms with Gasteiger partial charge in [0.25, 0.3) is 0 Å². The summed E-state index contributed by atoms with van der Waals surface area (Å²) in [5.74, 6) is 0. The molecule has 21 heavy (non-hydrogen) atoms. The smallest absolute Gasteiger partial charge is 0.107 e. The molecule has 1 N–H and O–H groups in total. The normalized spacial score (nSPS) is 14.3. The van der Waals surface area contributed by atoms with E-state index in [0.29, 0.717) is 13.0 Å². The second kappa shape index (κ2) is 16.2. The van der Waals surface area contributed by atoms with Crippen molar-refractivity contribution in [2.75, 3.05) is 33.0 Å². The Balaban J connectivity index is 4.28. The van der Waals surface area contributed by atoms with Gasteiger partial charge < -0.3 is 19.3 Å². The van der Waals surface area contributed by atoms with Crippen LogP contribution >= 0.6 is 0 Å². The Morgan fingerprint density at radius 2 is 1.29 bits per heavy atom. The Kier molecular flexibility index (Phi) is 16.1. The molecule has 0 unspecified atom stereocenters. The van der Waals surface area contributed by atoms with Crippen LogP contribution in [0.15, 0.2) is 0 Å². The molecule has 0 fully saturated rings. The summed E-state index contributed by atoms with van der Waals surface area (Å²) in [5.41, 5.74) is 0. The zero-order chi connectivity index (χ0) is 15.8. The van der Waals surface area contributed by atoms with Gasteiger partial charge in [-0.3, -0.25) is 0 Å². The van der Waals surface area contributed by atoms with Crippen molar-refractivity contribution in [1.29, 1.82) is 0 Å². The second-order valence-electron chi connectivity index (χ2n) is 5.47. The van der Waals surface area contributed by atoms with E-state index in [1.54, 1.807) is 0 Å². The number of hydrogen-bond donors (Lipinski definition) is 1. The van der Waals surface area contributed by atoms with Gasteiger partial charge >= 0.3 is 0 Å². The van der Waals surface area contributed by atoms with Gasteiger partial charge in [-0.15, -0.1) is 0 Å². The molecule has 128 valence electrons. The lowest BCUT2D eigenvalue weighted by Crippen LogP contribution is -2.37. The first-order valence-corrected chi connectivity index (χ1v) is 8.71. The number of ether oxygens (including phenoxy) is 3. The lowest BCUT2D eigenvalue weighted by atomic mass is 10.1. The van der Waals surface area contributed by atoms with Crippen molar-refractivity contribution < 1.29 is 19.3 Å². The van der Waals surface area contributed by atoms with E-state index in [1.807, 2.05) is 0 Å². The summed E-state index contributed by atoms with van der Waals surface area (Å²) in [7, 11) is 0. The molecule has 4 heteroatoms. The first kappa shape index (κ1) is 20.8. The van der Waals surface area contributed by atoms with Gasteiger partial charge in [0.05, 0.1) is 12.7 Å². The third-order valence-electron chi connectivity index (χ3n) is 3.41. The molecule has 0 radical (unpaired) electrons. The average Bonchev–Trinajstić information content (AvgIpc) is 2.49. The molecular formula is C17H36O4. The van der Waals surface area contributed by atoms with Crippen LogP contribution in [0.3, 0.4) is 0 Å². The molecule has 0 saturated heterocycles. The first-order chi connectivity index (χ1) is 10.3. The molecule has 0 aromatic rings. The van der Waals surface area contributed by atoms with Crippen LogP contribution in [0.5, 0.6) is 0 Å².